The van der Waals surface area contributed by atoms with Crippen LogP contribution in [0.25, 0.3) is 0 Å². The molecule has 1 aliphatic carbocycles. The first-order chi connectivity index (χ1) is 14.5. The zero-order chi connectivity index (χ0) is 21.4. The van der Waals surface area contributed by atoms with E-state index < -0.39 is 10.0 Å². The van der Waals surface area contributed by atoms with Gasteiger partial charge in [0.25, 0.3) is 5.91 Å². The molecule has 30 heavy (non-hydrogen) atoms. The molecule has 1 fully saturated rings. The first-order valence-electron chi connectivity index (χ1n) is 11.0. The smallest absolute Gasteiger partial charge is 0.251 e. The summed E-state index contributed by atoms with van der Waals surface area (Å²) in [4.78, 5) is 12.9. The summed E-state index contributed by atoms with van der Waals surface area (Å²) in [7, 11) is -3.55. The number of rotatable bonds is 7. The Hall–Kier alpha value is -2.18. The van der Waals surface area contributed by atoms with Crippen molar-refractivity contribution >= 4 is 15.9 Å². The van der Waals surface area contributed by atoms with Crippen LogP contribution >= 0.6 is 0 Å². The molecule has 0 atom stereocenters. The summed E-state index contributed by atoms with van der Waals surface area (Å²) in [5.74, 6) is -0.0450. The van der Waals surface area contributed by atoms with Gasteiger partial charge in [-0.2, -0.15) is 4.31 Å². The van der Waals surface area contributed by atoms with Gasteiger partial charge in [-0.3, -0.25) is 4.79 Å². The molecule has 162 valence electrons. The van der Waals surface area contributed by atoms with E-state index in [1.165, 1.54) is 36.4 Å². The zero-order valence-electron chi connectivity index (χ0n) is 17.7. The highest BCUT2D eigenvalue weighted by Gasteiger charge is 2.23. The lowest BCUT2D eigenvalue weighted by atomic mass is 9.96. The number of amides is 1. The second kappa shape index (κ2) is 10.7. The third kappa shape index (κ3) is 5.92. The lowest BCUT2D eigenvalue weighted by Crippen LogP contribution is -2.35. The van der Waals surface area contributed by atoms with Crippen LogP contribution in [0.5, 0.6) is 0 Å². The van der Waals surface area contributed by atoms with Gasteiger partial charge < -0.3 is 5.32 Å². The molecule has 3 rings (SSSR count). The molecule has 5 nitrogen and oxygen atoms in total. The van der Waals surface area contributed by atoms with Crippen molar-refractivity contribution in [1.82, 2.24) is 9.62 Å². The van der Waals surface area contributed by atoms with Gasteiger partial charge in [-0.1, -0.05) is 69.4 Å². The largest absolute Gasteiger partial charge is 0.349 e. The Morgan fingerprint density at radius 1 is 0.933 bits per heavy atom. The normalized spacial score (nSPS) is 16.1. The maximum atomic E-state index is 12.9. The SMILES string of the molecule is CCN(Cc1ccc(C(=O)NC2CCCCCCC2)cc1)S(=O)(=O)c1ccccc1. The van der Waals surface area contributed by atoms with Crippen molar-refractivity contribution in [2.45, 2.75) is 69.4 Å². The molecule has 0 aromatic heterocycles. The van der Waals surface area contributed by atoms with Gasteiger partial charge in [-0.25, -0.2) is 8.42 Å². The Kier molecular flexibility index (Phi) is 8.05. The molecule has 6 heteroatoms. The molecule has 0 radical (unpaired) electrons. The van der Waals surface area contributed by atoms with Gasteiger partial charge in [-0.05, 0) is 42.7 Å². The van der Waals surface area contributed by atoms with Crippen LogP contribution in [0.15, 0.2) is 59.5 Å². The third-order valence-corrected chi connectivity index (χ3v) is 7.68. The highest BCUT2D eigenvalue weighted by molar-refractivity contribution is 7.89. The molecule has 1 amide bonds. The number of hydrogen-bond acceptors (Lipinski definition) is 3. The van der Waals surface area contributed by atoms with Gasteiger partial charge in [-0.15, -0.1) is 0 Å². The first kappa shape index (κ1) is 22.5. The highest BCUT2D eigenvalue weighted by atomic mass is 32.2. The molecule has 0 saturated heterocycles. The van der Waals surface area contributed by atoms with Crippen molar-refractivity contribution in [2.24, 2.45) is 0 Å². The summed E-state index contributed by atoms with van der Waals surface area (Å²) in [6.07, 6.45) is 8.25. The molecule has 0 heterocycles. The summed E-state index contributed by atoms with van der Waals surface area (Å²) in [6.45, 7) is 2.48. The fourth-order valence-electron chi connectivity index (χ4n) is 3.94. The number of nitrogens with zero attached hydrogens (tertiary/aromatic N) is 1. The van der Waals surface area contributed by atoms with Gasteiger partial charge in [0.05, 0.1) is 4.90 Å². The van der Waals surface area contributed by atoms with Crippen molar-refractivity contribution in [3.63, 3.8) is 0 Å². The van der Waals surface area contributed by atoms with E-state index in [1.807, 2.05) is 19.1 Å². The lowest BCUT2D eigenvalue weighted by molar-refractivity contribution is 0.0930. The first-order valence-corrected chi connectivity index (χ1v) is 12.4. The monoisotopic (exact) mass is 428 g/mol. The third-order valence-electron chi connectivity index (χ3n) is 5.75. The number of carbonyl (C=O) groups is 1. The van der Waals surface area contributed by atoms with Crippen molar-refractivity contribution < 1.29 is 13.2 Å². The Bertz CT molecular complexity index is 903. The van der Waals surface area contributed by atoms with Crippen LogP contribution in [-0.4, -0.2) is 31.2 Å². The number of sulfonamides is 1. The van der Waals surface area contributed by atoms with Crippen molar-refractivity contribution in [3.05, 3.63) is 65.7 Å². The van der Waals surface area contributed by atoms with E-state index in [-0.39, 0.29) is 18.5 Å². The Balaban J connectivity index is 1.63. The van der Waals surface area contributed by atoms with Gasteiger partial charge in [0.1, 0.15) is 0 Å². The van der Waals surface area contributed by atoms with E-state index in [2.05, 4.69) is 5.32 Å². The van der Waals surface area contributed by atoms with Crippen LogP contribution < -0.4 is 5.32 Å². The summed E-state index contributed by atoms with van der Waals surface area (Å²) >= 11 is 0. The van der Waals surface area contributed by atoms with E-state index >= 15 is 0 Å². The van der Waals surface area contributed by atoms with Crippen LogP contribution in [-0.2, 0) is 16.6 Å². The summed E-state index contributed by atoms with van der Waals surface area (Å²) in [5, 5.41) is 3.17. The van der Waals surface area contributed by atoms with Crippen molar-refractivity contribution in [1.29, 1.82) is 0 Å². The highest BCUT2D eigenvalue weighted by Crippen LogP contribution is 2.19. The second-order valence-electron chi connectivity index (χ2n) is 7.96. The molecular weight excluding hydrogens is 396 g/mol. The minimum absolute atomic E-state index is 0.0450. The molecule has 1 N–H and O–H groups in total. The Morgan fingerprint density at radius 2 is 1.53 bits per heavy atom. The Labute approximate surface area is 180 Å². The molecule has 1 saturated carbocycles. The van der Waals surface area contributed by atoms with E-state index in [1.54, 1.807) is 42.5 Å². The quantitative estimate of drug-likeness (QED) is 0.693. The fraction of sp³-hybridized carbons (Fsp3) is 0.458. The maximum absolute atomic E-state index is 12.9. The van der Waals surface area contributed by atoms with Gasteiger partial charge in [0, 0.05) is 24.7 Å². The topological polar surface area (TPSA) is 66.5 Å². The second-order valence-corrected chi connectivity index (χ2v) is 9.89. The Morgan fingerprint density at radius 3 is 2.13 bits per heavy atom. The van der Waals surface area contributed by atoms with Crippen LogP contribution in [0, 0.1) is 0 Å². The molecule has 2 aromatic carbocycles. The zero-order valence-corrected chi connectivity index (χ0v) is 18.5. The van der Waals surface area contributed by atoms with E-state index in [0.717, 1.165) is 18.4 Å². The van der Waals surface area contributed by atoms with Gasteiger partial charge in [0.2, 0.25) is 10.0 Å². The summed E-state index contributed by atoms with van der Waals surface area (Å²) in [5.41, 5.74) is 1.48. The van der Waals surface area contributed by atoms with Crippen molar-refractivity contribution in [3.8, 4) is 0 Å². The van der Waals surface area contributed by atoms with Crippen LogP contribution in [0.2, 0.25) is 0 Å². The fourth-order valence-corrected chi connectivity index (χ4v) is 5.40. The van der Waals surface area contributed by atoms with Crippen LogP contribution in [0.1, 0.15) is 67.8 Å². The molecule has 1 aliphatic rings. The minimum Gasteiger partial charge on any atom is -0.349 e. The standard InChI is InChI=1S/C24H32N2O3S/c1-2-26(30(28,29)23-13-9-6-10-14-23)19-20-15-17-21(18-16-20)24(27)25-22-11-7-4-3-5-8-12-22/h6,9-10,13-18,22H,2-5,7-8,11-12,19H2,1H3,(H,25,27). The van der Waals surface area contributed by atoms with Gasteiger partial charge in [0.15, 0.2) is 0 Å². The maximum Gasteiger partial charge on any atom is 0.251 e. The molecule has 0 aliphatic heterocycles. The van der Waals surface area contributed by atoms with Crippen LogP contribution in [0.3, 0.4) is 0 Å². The molecule has 0 bridgehead atoms. The summed E-state index contributed by atoms with van der Waals surface area (Å²) < 4.78 is 27.2. The average molecular weight is 429 g/mol. The summed E-state index contributed by atoms with van der Waals surface area (Å²) in [6, 6.07) is 16.0. The van der Waals surface area contributed by atoms with E-state index in [9.17, 15) is 13.2 Å². The predicted octanol–water partition coefficient (Wildman–Crippen LogP) is 4.74. The minimum atomic E-state index is -3.55. The van der Waals surface area contributed by atoms with Gasteiger partial charge >= 0.3 is 0 Å². The average Bonchev–Trinajstić information content (AvgIpc) is 2.74. The number of carbonyl (C=O) groups excluding carboxylic acids is 1. The molecule has 0 spiro atoms. The molecular formula is C24H32N2O3S. The molecule has 0 unspecified atom stereocenters. The number of hydrogen-bond donors (Lipinski definition) is 1. The van der Waals surface area contributed by atoms with E-state index in [0.29, 0.717) is 17.0 Å². The lowest BCUT2D eigenvalue weighted by Gasteiger charge is -2.22. The number of nitrogens with one attached hydrogen (secondary N) is 1. The van der Waals surface area contributed by atoms with E-state index in [4.69, 9.17) is 0 Å². The van der Waals surface area contributed by atoms with Crippen molar-refractivity contribution in [2.75, 3.05) is 6.54 Å². The number of benzene rings is 2. The predicted molar refractivity (Wildman–Crippen MR) is 120 cm³/mol. The molecule has 2 aromatic rings. The van der Waals surface area contributed by atoms with Crippen LogP contribution in [0.4, 0.5) is 0 Å².